The van der Waals surface area contributed by atoms with Crippen molar-refractivity contribution in [1.82, 2.24) is 4.98 Å². The summed E-state index contributed by atoms with van der Waals surface area (Å²) in [5, 5.41) is 12.7. The number of nitrogens with one attached hydrogen (secondary N) is 1. The third-order valence-corrected chi connectivity index (χ3v) is 5.09. The highest BCUT2D eigenvalue weighted by Gasteiger charge is 2.16. The van der Waals surface area contributed by atoms with Gasteiger partial charge in [0.15, 0.2) is 0 Å². The van der Waals surface area contributed by atoms with Crippen molar-refractivity contribution in [1.29, 1.82) is 0 Å². The lowest BCUT2D eigenvalue weighted by Crippen LogP contribution is -1.99. The number of carbonyl (C=O) groups is 1. The Morgan fingerprint density at radius 1 is 0.963 bits per heavy atom. The number of benzene rings is 3. The first-order valence-electron chi connectivity index (χ1n) is 9.25. The van der Waals surface area contributed by atoms with Crippen LogP contribution in [0.2, 0.25) is 0 Å². The van der Waals surface area contributed by atoms with Gasteiger partial charge in [-0.05, 0) is 60.3 Å². The lowest BCUT2D eigenvalue weighted by atomic mass is 9.96. The maximum absolute atomic E-state index is 11.4. The average Bonchev–Trinajstić information content (AvgIpc) is 3.05. The molecular weight excluding hydrogens is 336 g/mol. The lowest BCUT2D eigenvalue weighted by molar-refractivity contribution is 0.0697. The predicted octanol–water partition coefficient (Wildman–Crippen LogP) is 4.97. The molecule has 0 fully saturated rings. The normalized spacial score (nSPS) is 11.3. The van der Waals surface area contributed by atoms with Gasteiger partial charge in [-0.15, -0.1) is 0 Å². The van der Waals surface area contributed by atoms with Crippen LogP contribution in [0.25, 0.3) is 32.9 Å². The highest BCUT2D eigenvalue weighted by atomic mass is 16.4. The molecule has 0 unspecified atom stereocenters. The van der Waals surface area contributed by atoms with Crippen molar-refractivity contribution in [2.75, 3.05) is 6.54 Å². The number of nitrogens with two attached hydrogens (primary N) is 1. The fourth-order valence-corrected chi connectivity index (χ4v) is 3.76. The summed E-state index contributed by atoms with van der Waals surface area (Å²) < 4.78 is 0. The number of hydrogen-bond acceptors (Lipinski definition) is 2. The van der Waals surface area contributed by atoms with Crippen LogP contribution in [0.3, 0.4) is 0 Å². The minimum atomic E-state index is -0.905. The molecule has 0 aliphatic carbocycles. The van der Waals surface area contributed by atoms with Crippen LogP contribution in [0.15, 0.2) is 60.7 Å². The first-order chi connectivity index (χ1) is 13.2. The summed E-state index contributed by atoms with van der Waals surface area (Å²) >= 11 is 0. The fourth-order valence-electron chi connectivity index (χ4n) is 3.76. The summed E-state index contributed by atoms with van der Waals surface area (Å²) in [4.78, 5) is 15.0. The van der Waals surface area contributed by atoms with E-state index in [4.69, 9.17) is 5.73 Å². The van der Waals surface area contributed by atoms with Gasteiger partial charge in [-0.1, -0.05) is 42.5 Å². The fraction of sp³-hybridized carbons (Fsp3) is 0.174. The smallest absolute Gasteiger partial charge is 0.335 e. The SMILES string of the molecule is NCCCCc1c(-c2cccc3ccccc23)[nH]c2ccc(C(=O)O)cc12. The summed E-state index contributed by atoms with van der Waals surface area (Å²) in [7, 11) is 0. The molecular formula is C23H22N2O2. The van der Waals surface area contributed by atoms with Crippen LogP contribution in [0, 0.1) is 0 Å². The van der Waals surface area contributed by atoms with E-state index < -0.39 is 5.97 Å². The van der Waals surface area contributed by atoms with E-state index in [0.717, 1.165) is 47.0 Å². The average molecular weight is 358 g/mol. The Balaban J connectivity index is 1.95. The molecule has 0 spiro atoms. The third kappa shape index (κ3) is 3.20. The molecule has 4 aromatic rings. The molecule has 4 N–H and O–H groups in total. The molecule has 0 amide bonds. The van der Waals surface area contributed by atoms with Gasteiger partial charge in [-0.2, -0.15) is 0 Å². The zero-order chi connectivity index (χ0) is 18.8. The van der Waals surface area contributed by atoms with Gasteiger partial charge in [-0.3, -0.25) is 0 Å². The number of aromatic nitrogens is 1. The second-order valence-electron chi connectivity index (χ2n) is 6.82. The van der Waals surface area contributed by atoms with Crippen LogP contribution in [0.1, 0.15) is 28.8 Å². The quantitative estimate of drug-likeness (QED) is 0.426. The number of unbranched alkanes of at least 4 members (excludes halogenated alkanes) is 1. The van der Waals surface area contributed by atoms with Gasteiger partial charge in [0.05, 0.1) is 11.3 Å². The lowest BCUT2D eigenvalue weighted by Gasteiger charge is -2.09. The van der Waals surface area contributed by atoms with E-state index in [0.29, 0.717) is 12.1 Å². The Morgan fingerprint density at radius 3 is 2.59 bits per heavy atom. The number of hydrogen-bond donors (Lipinski definition) is 3. The molecule has 0 aliphatic rings. The molecule has 3 aromatic carbocycles. The molecule has 0 atom stereocenters. The van der Waals surface area contributed by atoms with Crippen molar-refractivity contribution in [2.45, 2.75) is 19.3 Å². The molecule has 1 aromatic heterocycles. The number of aromatic amines is 1. The number of aromatic carboxylic acids is 1. The number of fused-ring (bicyclic) bond motifs is 2. The standard InChI is InChI=1S/C23H22N2O2/c24-13-4-3-9-19-20-14-16(23(26)27)11-12-21(20)25-22(19)18-10-5-7-15-6-1-2-8-17(15)18/h1-2,5-8,10-12,14,25H,3-4,9,13,24H2,(H,26,27). The molecule has 136 valence electrons. The van der Waals surface area contributed by atoms with E-state index in [1.165, 1.54) is 10.8 Å². The molecule has 0 radical (unpaired) electrons. The molecule has 0 aliphatic heterocycles. The van der Waals surface area contributed by atoms with E-state index in [2.05, 4.69) is 35.3 Å². The molecule has 0 bridgehead atoms. The topological polar surface area (TPSA) is 79.1 Å². The van der Waals surface area contributed by atoms with Crippen LogP contribution < -0.4 is 5.73 Å². The van der Waals surface area contributed by atoms with Crippen LogP contribution in [-0.2, 0) is 6.42 Å². The summed E-state index contributed by atoms with van der Waals surface area (Å²) in [6, 6.07) is 19.9. The second-order valence-corrected chi connectivity index (χ2v) is 6.82. The Morgan fingerprint density at radius 2 is 1.78 bits per heavy atom. The number of rotatable bonds is 6. The summed E-state index contributed by atoms with van der Waals surface area (Å²) in [6.45, 7) is 0.659. The predicted molar refractivity (Wildman–Crippen MR) is 110 cm³/mol. The monoisotopic (exact) mass is 358 g/mol. The molecule has 0 saturated carbocycles. The Labute approximate surface area is 157 Å². The molecule has 4 rings (SSSR count). The van der Waals surface area contributed by atoms with E-state index in [-0.39, 0.29) is 0 Å². The molecule has 1 heterocycles. The van der Waals surface area contributed by atoms with Crippen LogP contribution >= 0.6 is 0 Å². The van der Waals surface area contributed by atoms with Crippen molar-refractivity contribution >= 4 is 27.6 Å². The Kier molecular flexibility index (Phi) is 4.65. The highest BCUT2D eigenvalue weighted by Crippen LogP contribution is 2.36. The Hall–Kier alpha value is -3.11. The number of carboxylic acid groups (broad SMARTS) is 1. The van der Waals surface area contributed by atoms with Gasteiger partial charge in [0.25, 0.3) is 0 Å². The maximum atomic E-state index is 11.4. The van der Waals surface area contributed by atoms with Crippen molar-refractivity contribution in [2.24, 2.45) is 5.73 Å². The first kappa shape index (κ1) is 17.3. The third-order valence-electron chi connectivity index (χ3n) is 5.09. The van der Waals surface area contributed by atoms with E-state index in [9.17, 15) is 9.90 Å². The van der Waals surface area contributed by atoms with E-state index >= 15 is 0 Å². The van der Waals surface area contributed by atoms with Crippen molar-refractivity contribution in [3.8, 4) is 11.3 Å². The van der Waals surface area contributed by atoms with Gasteiger partial charge in [-0.25, -0.2) is 4.79 Å². The molecule has 0 saturated heterocycles. The van der Waals surface area contributed by atoms with Gasteiger partial charge in [0, 0.05) is 16.5 Å². The Bertz CT molecular complexity index is 1120. The molecule has 4 nitrogen and oxygen atoms in total. The highest BCUT2D eigenvalue weighted by molar-refractivity contribution is 6.02. The second kappa shape index (κ2) is 7.25. The van der Waals surface area contributed by atoms with Crippen molar-refractivity contribution < 1.29 is 9.90 Å². The van der Waals surface area contributed by atoms with Crippen LogP contribution in [0.4, 0.5) is 0 Å². The van der Waals surface area contributed by atoms with E-state index in [1.54, 1.807) is 12.1 Å². The van der Waals surface area contributed by atoms with Gasteiger partial charge in [0.1, 0.15) is 0 Å². The van der Waals surface area contributed by atoms with Crippen molar-refractivity contribution in [3.05, 3.63) is 71.8 Å². The largest absolute Gasteiger partial charge is 0.478 e. The number of aryl methyl sites for hydroxylation is 1. The van der Waals surface area contributed by atoms with Crippen LogP contribution in [0.5, 0.6) is 0 Å². The zero-order valence-corrected chi connectivity index (χ0v) is 15.0. The summed E-state index contributed by atoms with van der Waals surface area (Å²) in [6.07, 6.45) is 2.78. The minimum absolute atomic E-state index is 0.311. The number of H-pyrrole nitrogens is 1. The van der Waals surface area contributed by atoms with E-state index in [1.807, 2.05) is 18.2 Å². The van der Waals surface area contributed by atoms with Gasteiger partial charge in [0.2, 0.25) is 0 Å². The number of carboxylic acids is 1. The van der Waals surface area contributed by atoms with Crippen molar-refractivity contribution in [3.63, 3.8) is 0 Å². The minimum Gasteiger partial charge on any atom is -0.478 e. The van der Waals surface area contributed by atoms with Gasteiger partial charge >= 0.3 is 5.97 Å². The first-order valence-corrected chi connectivity index (χ1v) is 9.25. The molecule has 4 heteroatoms. The van der Waals surface area contributed by atoms with Crippen LogP contribution in [-0.4, -0.2) is 22.6 Å². The van der Waals surface area contributed by atoms with Gasteiger partial charge < -0.3 is 15.8 Å². The summed E-state index contributed by atoms with van der Waals surface area (Å²) in [5.41, 5.74) is 10.3. The maximum Gasteiger partial charge on any atom is 0.335 e. The molecule has 27 heavy (non-hydrogen) atoms. The zero-order valence-electron chi connectivity index (χ0n) is 15.0. The summed E-state index contributed by atoms with van der Waals surface area (Å²) in [5.74, 6) is -0.905.